The lowest BCUT2D eigenvalue weighted by molar-refractivity contribution is 0.102. The van der Waals surface area contributed by atoms with Crippen molar-refractivity contribution in [2.75, 3.05) is 23.3 Å². The summed E-state index contributed by atoms with van der Waals surface area (Å²) in [4.78, 5) is 19.5. The Balaban J connectivity index is 1.48. The fourth-order valence-electron chi connectivity index (χ4n) is 3.35. The monoisotopic (exact) mass is 377 g/mol. The second-order valence-corrected chi connectivity index (χ2v) is 7.91. The molecule has 1 N–H and O–H groups in total. The van der Waals surface area contributed by atoms with Crippen LogP contribution in [-0.2, 0) is 0 Å². The van der Waals surface area contributed by atoms with Gasteiger partial charge in [0.05, 0.1) is 0 Å². The summed E-state index contributed by atoms with van der Waals surface area (Å²) >= 11 is 1.49. The first-order valence-electron chi connectivity index (χ1n) is 9.30. The maximum absolute atomic E-state index is 12.6. The molecule has 1 amide bonds. The Morgan fingerprint density at radius 3 is 2.52 bits per heavy atom. The summed E-state index contributed by atoms with van der Waals surface area (Å²) in [7, 11) is 0. The topological polar surface area (TPSA) is 45.2 Å². The van der Waals surface area contributed by atoms with E-state index in [1.165, 1.54) is 35.4 Å². The molecule has 0 aliphatic carbocycles. The minimum Gasteiger partial charge on any atom is -0.372 e. The van der Waals surface area contributed by atoms with Crippen LogP contribution in [-0.4, -0.2) is 24.0 Å². The van der Waals surface area contributed by atoms with Crippen LogP contribution in [0.25, 0.3) is 10.6 Å². The third-order valence-corrected chi connectivity index (χ3v) is 5.86. The van der Waals surface area contributed by atoms with Crippen molar-refractivity contribution in [2.45, 2.75) is 26.7 Å². The van der Waals surface area contributed by atoms with E-state index in [1.807, 2.05) is 30.5 Å². The highest BCUT2D eigenvalue weighted by Gasteiger charge is 2.16. The summed E-state index contributed by atoms with van der Waals surface area (Å²) in [6.07, 6.45) is 2.51. The third kappa shape index (κ3) is 3.88. The SMILES string of the molecule is Cc1ccc(-c2nc(C(=O)Nc3ccc(N4CCCC4)cc3C)cs2)cc1. The predicted octanol–water partition coefficient (Wildman–Crippen LogP) is 5.28. The minimum atomic E-state index is -0.165. The van der Waals surface area contributed by atoms with E-state index in [-0.39, 0.29) is 5.91 Å². The van der Waals surface area contributed by atoms with E-state index in [9.17, 15) is 4.79 Å². The van der Waals surface area contributed by atoms with Crippen molar-refractivity contribution >= 4 is 28.6 Å². The molecule has 1 saturated heterocycles. The van der Waals surface area contributed by atoms with Crippen LogP contribution >= 0.6 is 11.3 Å². The highest BCUT2D eigenvalue weighted by atomic mass is 32.1. The molecule has 1 aliphatic rings. The van der Waals surface area contributed by atoms with Crippen molar-refractivity contribution < 1.29 is 4.79 Å². The maximum Gasteiger partial charge on any atom is 0.275 e. The molecule has 0 atom stereocenters. The Bertz CT molecular complexity index is 956. The van der Waals surface area contributed by atoms with Crippen molar-refractivity contribution in [1.82, 2.24) is 4.98 Å². The molecule has 1 aliphatic heterocycles. The Morgan fingerprint density at radius 2 is 1.81 bits per heavy atom. The quantitative estimate of drug-likeness (QED) is 0.673. The summed E-state index contributed by atoms with van der Waals surface area (Å²) < 4.78 is 0. The van der Waals surface area contributed by atoms with Gasteiger partial charge in [-0.2, -0.15) is 0 Å². The fraction of sp³-hybridized carbons (Fsp3) is 0.273. The van der Waals surface area contributed by atoms with E-state index in [0.29, 0.717) is 5.69 Å². The number of carbonyl (C=O) groups is 1. The molecule has 4 rings (SSSR count). The lowest BCUT2D eigenvalue weighted by Crippen LogP contribution is -2.18. The van der Waals surface area contributed by atoms with Gasteiger partial charge in [0, 0.05) is 35.4 Å². The van der Waals surface area contributed by atoms with E-state index < -0.39 is 0 Å². The smallest absolute Gasteiger partial charge is 0.275 e. The third-order valence-electron chi connectivity index (χ3n) is 4.96. The van der Waals surface area contributed by atoms with Crippen LogP contribution in [0.4, 0.5) is 11.4 Å². The molecular formula is C22H23N3OS. The van der Waals surface area contributed by atoms with Crippen molar-refractivity contribution in [1.29, 1.82) is 0 Å². The van der Waals surface area contributed by atoms with Gasteiger partial charge < -0.3 is 10.2 Å². The minimum absolute atomic E-state index is 0.165. The van der Waals surface area contributed by atoms with Gasteiger partial charge in [-0.1, -0.05) is 29.8 Å². The van der Waals surface area contributed by atoms with Crippen molar-refractivity contribution in [3.63, 3.8) is 0 Å². The number of aryl methyl sites for hydroxylation is 2. The molecule has 0 radical (unpaired) electrons. The van der Waals surface area contributed by atoms with Gasteiger partial charge in [-0.25, -0.2) is 4.98 Å². The Morgan fingerprint density at radius 1 is 1.07 bits per heavy atom. The first kappa shape index (κ1) is 17.7. The molecule has 138 valence electrons. The van der Waals surface area contributed by atoms with Crippen molar-refractivity contribution in [3.05, 3.63) is 64.7 Å². The molecule has 5 heteroatoms. The summed E-state index contributed by atoms with van der Waals surface area (Å²) in [5.74, 6) is -0.165. The highest BCUT2D eigenvalue weighted by Crippen LogP contribution is 2.27. The zero-order valence-corrected chi connectivity index (χ0v) is 16.5. The molecule has 2 aromatic carbocycles. The molecule has 2 heterocycles. The largest absolute Gasteiger partial charge is 0.372 e. The molecule has 4 nitrogen and oxygen atoms in total. The van der Waals surface area contributed by atoms with Gasteiger partial charge in [0.25, 0.3) is 5.91 Å². The Labute approximate surface area is 163 Å². The fourth-order valence-corrected chi connectivity index (χ4v) is 4.16. The molecule has 0 unspecified atom stereocenters. The molecule has 27 heavy (non-hydrogen) atoms. The molecular weight excluding hydrogens is 354 g/mol. The molecule has 1 aromatic heterocycles. The van der Waals surface area contributed by atoms with Crippen LogP contribution in [0.2, 0.25) is 0 Å². The van der Waals surface area contributed by atoms with Crippen molar-refractivity contribution in [3.8, 4) is 10.6 Å². The van der Waals surface area contributed by atoms with E-state index >= 15 is 0 Å². The zero-order chi connectivity index (χ0) is 18.8. The number of benzene rings is 2. The number of anilines is 2. The average Bonchev–Trinajstić information content (AvgIpc) is 3.36. The second-order valence-electron chi connectivity index (χ2n) is 7.05. The Hall–Kier alpha value is -2.66. The van der Waals surface area contributed by atoms with E-state index in [4.69, 9.17) is 0 Å². The number of nitrogens with one attached hydrogen (secondary N) is 1. The average molecular weight is 378 g/mol. The lowest BCUT2D eigenvalue weighted by Gasteiger charge is -2.19. The first-order chi connectivity index (χ1) is 13.1. The maximum atomic E-state index is 12.6. The van der Waals surface area contributed by atoms with Crippen molar-refractivity contribution in [2.24, 2.45) is 0 Å². The number of thiazole rings is 1. The van der Waals surface area contributed by atoms with Crippen LogP contribution in [0.5, 0.6) is 0 Å². The van der Waals surface area contributed by atoms with Crippen LogP contribution in [0, 0.1) is 13.8 Å². The number of amides is 1. The highest BCUT2D eigenvalue weighted by molar-refractivity contribution is 7.13. The van der Waals surface area contributed by atoms with Gasteiger partial charge in [0.1, 0.15) is 10.7 Å². The lowest BCUT2D eigenvalue weighted by atomic mass is 10.1. The van der Waals surface area contributed by atoms with Crippen LogP contribution in [0.15, 0.2) is 47.8 Å². The Kier molecular flexibility index (Phi) is 4.94. The molecule has 0 saturated carbocycles. The summed E-state index contributed by atoms with van der Waals surface area (Å²) in [5, 5.41) is 5.69. The predicted molar refractivity (Wildman–Crippen MR) is 113 cm³/mol. The number of hydrogen-bond acceptors (Lipinski definition) is 4. The van der Waals surface area contributed by atoms with E-state index in [2.05, 4.69) is 46.4 Å². The van der Waals surface area contributed by atoms with E-state index in [0.717, 1.165) is 34.9 Å². The number of carbonyl (C=O) groups excluding carboxylic acids is 1. The van der Waals surface area contributed by atoms with Crippen LogP contribution < -0.4 is 10.2 Å². The molecule has 1 fully saturated rings. The normalized spacial score (nSPS) is 13.8. The molecule has 0 bridgehead atoms. The van der Waals surface area contributed by atoms with Gasteiger partial charge in [-0.05, 0) is 50.5 Å². The van der Waals surface area contributed by atoms with Gasteiger partial charge in [0.15, 0.2) is 0 Å². The number of aromatic nitrogens is 1. The standard InChI is InChI=1S/C22H23N3OS/c1-15-5-7-17(8-6-15)22-24-20(14-27-22)21(26)23-19-10-9-18(13-16(19)2)25-11-3-4-12-25/h5-10,13-14H,3-4,11-12H2,1-2H3,(H,23,26). The summed E-state index contributed by atoms with van der Waals surface area (Å²) in [6.45, 7) is 6.33. The zero-order valence-electron chi connectivity index (χ0n) is 15.7. The summed E-state index contributed by atoms with van der Waals surface area (Å²) in [6, 6.07) is 14.4. The summed E-state index contributed by atoms with van der Waals surface area (Å²) in [5.41, 5.74) is 5.85. The number of rotatable bonds is 4. The van der Waals surface area contributed by atoms with Gasteiger partial charge in [0.2, 0.25) is 0 Å². The first-order valence-corrected chi connectivity index (χ1v) is 10.2. The number of hydrogen-bond donors (Lipinski definition) is 1. The van der Waals surface area contributed by atoms with Gasteiger partial charge in [-0.3, -0.25) is 4.79 Å². The molecule has 0 spiro atoms. The van der Waals surface area contributed by atoms with E-state index in [1.54, 1.807) is 0 Å². The second kappa shape index (κ2) is 7.53. The number of nitrogens with zero attached hydrogens (tertiary/aromatic N) is 2. The van der Waals surface area contributed by atoms with Crippen LogP contribution in [0.3, 0.4) is 0 Å². The van der Waals surface area contributed by atoms with Gasteiger partial charge in [-0.15, -0.1) is 11.3 Å². The molecule has 3 aromatic rings. The van der Waals surface area contributed by atoms with Crippen LogP contribution in [0.1, 0.15) is 34.5 Å². The van der Waals surface area contributed by atoms with Gasteiger partial charge >= 0.3 is 0 Å².